The van der Waals surface area contributed by atoms with E-state index in [0.29, 0.717) is 5.41 Å². The molecule has 1 aliphatic rings. The molecule has 2 heteroatoms. The Morgan fingerprint density at radius 3 is 2.59 bits per heavy atom. The Kier molecular flexibility index (Phi) is 3.65. The summed E-state index contributed by atoms with van der Waals surface area (Å²) < 4.78 is 1.19. The third-order valence-corrected chi connectivity index (χ3v) is 4.63. The minimum atomic E-state index is -0.0222. The minimum Gasteiger partial charge on any atom is -0.325 e. The summed E-state index contributed by atoms with van der Waals surface area (Å²) in [5, 5.41) is 0. The molecule has 1 unspecified atom stereocenters. The maximum atomic E-state index is 6.61. The van der Waals surface area contributed by atoms with Crippen molar-refractivity contribution in [3.63, 3.8) is 0 Å². The topological polar surface area (TPSA) is 26.0 Å². The maximum Gasteiger partial charge on any atom is 0.0207 e. The Balaban J connectivity index is 2.15. The number of halogens is 1. The second-order valence-corrected chi connectivity index (χ2v) is 7.18. The molecule has 1 fully saturated rings. The second-order valence-electron chi connectivity index (χ2n) is 6.33. The lowest BCUT2D eigenvalue weighted by atomic mass is 9.66. The summed E-state index contributed by atoms with van der Waals surface area (Å²) in [5.41, 5.74) is 8.33. The van der Waals surface area contributed by atoms with Gasteiger partial charge in [-0.05, 0) is 42.7 Å². The van der Waals surface area contributed by atoms with Gasteiger partial charge in [0, 0.05) is 10.0 Å². The lowest BCUT2D eigenvalue weighted by molar-refractivity contribution is 0.151. The number of hydrogen-bond donors (Lipinski definition) is 1. The summed E-state index contributed by atoms with van der Waals surface area (Å²) in [7, 11) is 0. The van der Waals surface area contributed by atoms with E-state index in [-0.39, 0.29) is 5.54 Å². The van der Waals surface area contributed by atoms with Crippen LogP contribution in [0.15, 0.2) is 28.7 Å². The number of benzene rings is 1. The van der Waals surface area contributed by atoms with Crippen molar-refractivity contribution in [3.05, 3.63) is 34.3 Å². The molecule has 0 spiro atoms. The summed E-state index contributed by atoms with van der Waals surface area (Å²) in [6.45, 7) is 4.68. The van der Waals surface area contributed by atoms with Crippen molar-refractivity contribution in [1.82, 2.24) is 0 Å². The molecule has 0 aromatic heterocycles. The first-order valence-corrected chi connectivity index (χ1v) is 7.22. The van der Waals surface area contributed by atoms with Gasteiger partial charge in [-0.1, -0.05) is 54.4 Å². The Bertz CT molecular complexity index is 400. The van der Waals surface area contributed by atoms with Gasteiger partial charge in [0.2, 0.25) is 0 Å². The lowest BCUT2D eigenvalue weighted by Gasteiger charge is -2.43. The van der Waals surface area contributed by atoms with E-state index in [4.69, 9.17) is 5.73 Å². The molecule has 2 N–H and O–H groups in total. The van der Waals surface area contributed by atoms with E-state index in [1.807, 2.05) is 0 Å². The fourth-order valence-electron chi connectivity index (χ4n) is 3.22. The fourth-order valence-corrected chi connectivity index (χ4v) is 3.65. The average Bonchev–Trinajstić information content (AvgIpc) is 2.19. The predicted molar refractivity (Wildman–Crippen MR) is 77.0 cm³/mol. The van der Waals surface area contributed by atoms with Crippen molar-refractivity contribution in [2.24, 2.45) is 11.1 Å². The van der Waals surface area contributed by atoms with Crippen LogP contribution in [0.5, 0.6) is 0 Å². The zero-order chi connectivity index (χ0) is 12.5. The maximum absolute atomic E-state index is 6.61. The zero-order valence-electron chi connectivity index (χ0n) is 10.8. The van der Waals surface area contributed by atoms with Crippen LogP contribution >= 0.6 is 15.9 Å². The first kappa shape index (κ1) is 13.1. The SMILES string of the molecule is CC1(C)CCCC(N)(Cc2ccccc2Br)C1. The van der Waals surface area contributed by atoms with Gasteiger partial charge < -0.3 is 5.73 Å². The van der Waals surface area contributed by atoms with Crippen LogP contribution in [-0.2, 0) is 6.42 Å². The van der Waals surface area contributed by atoms with Crippen LogP contribution in [0, 0.1) is 5.41 Å². The van der Waals surface area contributed by atoms with Crippen LogP contribution in [0.4, 0.5) is 0 Å². The van der Waals surface area contributed by atoms with Gasteiger partial charge in [-0.25, -0.2) is 0 Å². The quantitative estimate of drug-likeness (QED) is 0.865. The summed E-state index contributed by atoms with van der Waals surface area (Å²) in [6.07, 6.45) is 5.83. The summed E-state index contributed by atoms with van der Waals surface area (Å²) in [5.74, 6) is 0. The molecule has 1 saturated carbocycles. The van der Waals surface area contributed by atoms with Crippen molar-refractivity contribution < 1.29 is 0 Å². The van der Waals surface area contributed by atoms with Crippen LogP contribution in [0.25, 0.3) is 0 Å². The molecule has 0 amide bonds. The highest BCUT2D eigenvalue weighted by atomic mass is 79.9. The highest BCUT2D eigenvalue weighted by Crippen LogP contribution is 2.41. The van der Waals surface area contributed by atoms with Crippen molar-refractivity contribution in [1.29, 1.82) is 0 Å². The molecule has 1 nitrogen and oxygen atoms in total. The molecule has 1 atom stereocenters. The number of nitrogens with two attached hydrogens (primary N) is 1. The van der Waals surface area contributed by atoms with Crippen molar-refractivity contribution in [2.45, 2.75) is 51.5 Å². The second kappa shape index (κ2) is 4.74. The molecule has 0 heterocycles. The van der Waals surface area contributed by atoms with Gasteiger partial charge in [0.1, 0.15) is 0 Å². The smallest absolute Gasteiger partial charge is 0.0207 e. The van der Waals surface area contributed by atoms with Crippen LogP contribution < -0.4 is 5.73 Å². The zero-order valence-corrected chi connectivity index (χ0v) is 12.4. The van der Waals surface area contributed by atoms with Crippen molar-refractivity contribution in [3.8, 4) is 0 Å². The molecule has 0 aliphatic heterocycles. The molecule has 2 rings (SSSR count). The Labute approximate surface area is 113 Å². The summed E-state index contributed by atoms with van der Waals surface area (Å²) in [6, 6.07) is 8.44. The first-order valence-electron chi connectivity index (χ1n) is 6.43. The van der Waals surface area contributed by atoms with Gasteiger partial charge >= 0.3 is 0 Å². The largest absolute Gasteiger partial charge is 0.325 e. The molecule has 17 heavy (non-hydrogen) atoms. The molecular weight excluding hydrogens is 274 g/mol. The van der Waals surface area contributed by atoms with Gasteiger partial charge in [0.15, 0.2) is 0 Å². The van der Waals surface area contributed by atoms with E-state index in [9.17, 15) is 0 Å². The molecule has 1 aromatic carbocycles. The third-order valence-electron chi connectivity index (χ3n) is 3.86. The summed E-state index contributed by atoms with van der Waals surface area (Å²) in [4.78, 5) is 0. The molecule has 1 aromatic rings. The monoisotopic (exact) mass is 295 g/mol. The molecule has 94 valence electrons. The standard InChI is InChI=1S/C15H22BrN/c1-14(2)8-5-9-15(17,11-14)10-12-6-3-4-7-13(12)16/h3-4,6-7H,5,8-11,17H2,1-2H3. The minimum absolute atomic E-state index is 0.0222. The van der Waals surface area contributed by atoms with E-state index >= 15 is 0 Å². The first-order chi connectivity index (χ1) is 7.90. The molecular formula is C15H22BrN. The average molecular weight is 296 g/mol. The van der Waals surface area contributed by atoms with Crippen LogP contribution in [0.2, 0.25) is 0 Å². The van der Waals surface area contributed by atoms with E-state index < -0.39 is 0 Å². The fraction of sp³-hybridized carbons (Fsp3) is 0.600. The Hall–Kier alpha value is -0.340. The third kappa shape index (κ3) is 3.32. The predicted octanol–water partition coefficient (Wildman–Crippen LogP) is 4.29. The normalized spacial score (nSPS) is 28.0. The van der Waals surface area contributed by atoms with Gasteiger partial charge in [0.05, 0.1) is 0 Å². The van der Waals surface area contributed by atoms with E-state index in [1.165, 1.54) is 22.9 Å². The van der Waals surface area contributed by atoms with Crippen molar-refractivity contribution >= 4 is 15.9 Å². The van der Waals surface area contributed by atoms with Crippen molar-refractivity contribution in [2.75, 3.05) is 0 Å². The molecule has 0 radical (unpaired) electrons. The van der Waals surface area contributed by atoms with Gasteiger partial charge in [-0.15, -0.1) is 0 Å². The number of rotatable bonds is 2. The van der Waals surface area contributed by atoms with E-state index in [1.54, 1.807) is 0 Å². The molecule has 0 bridgehead atoms. The van der Waals surface area contributed by atoms with Crippen LogP contribution in [0.3, 0.4) is 0 Å². The Morgan fingerprint density at radius 1 is 1.24 bits per heavy atom. The van der Waals surface area contributed by atoms with E-state index in [2.05, 4.69) is 54.0 Å². The highest BCUT2D eigenvalue weighted by molar-refractivity contribution is 9.10. The Morgan fingerprint density at radius 2 is 1.94 bits per heavy atom. The van der Waals surface area contributed by atoms with Gasteiger partial charge in [-0.3, -0.25) is 0 Å². The van der Waals surface area contributed by atoms with Gasteiger partial charge in [-0.2, -0.15) is 0 Å². The van der Waals surface area contributed by atoms with Gasteiger partial charge in [0.25, 0.3) is 0 Å². The highest BCUT2D eigenvalue weighted by Gasteiger charge is 2.37. The van der Waals surface area contributed by atoms with Crippen LogP contribution in [0.1, 0.15) is 45.1 Å². The summed E-state index contributed by atoms with van der Waals surface area (Å²) >= 11 is 3.62. The van der Waals surface area contributed by atoms with E-state index in [0.717, 1.165) is 19.3 Å². The molecule has 0 saturated heterocycles. The molecule has 1 aliphatic carbocycles. The number of hydrogen-bond acceptors (Lipinski definition) is 1. The van der Waals surface area contributed by atoms with Crippen LogP contribution in [-0.4, -0.2) is 5.54 Å². The lowest BCUT2D eigenvalue weighted by Crippen LogP contribution is -2.48.